The molecular formula is C12H10BrF4NO4. The zero-order valence-electron chi connectivity index (χ0n) is 10.8. The number of carbonyl (C=O) groups excluding carboxylic acids is 1. The van der Waals surface area contributed by atoms with E-state index < -0.39 is 42.9 Å². The molecule has 1 unspecified atom stereocenters. The van der Waals surface area contributed by atoms with E-state index in [1.165, 1.54) is 6.07 Å². The van der Waals surface area contributed by atoms with Crippen molar-refractivity contribution < 1.29 is 37.0 Å². The lowest BCUT2D eigenvalue weighted by atomic mass is 10.2. The lowest BCUT2D eigenvalue weighted by Gasteiger charge is -2.16. The van der Waals surface area contributed by atoms with E-state index in [4.69, 9.17) is 9.84 Å². The first-order chi connectivity index (χ1) is 10.1. The second kappa shape index (κ2) is 7.43. The summed E-state index contributed by atoms with van der Waals surface area (Å²) in [6.45, 7) is -0.716. The zero-order chi connectivity index (χ0) is 16.9. The molecule has 0 saturated heterocycles. The third kappa shape index (κ3) is 6.29. The van der Waals surface area contributed by atoms with Crippen LogP contribution in [-0.2, 0) is 9.59 Å². The van der Waals surface area contributed by atoms with Crippen molar-refractivity contribution in [2.75, 3.05) is 6.61 Å². The van der Waals surface area contributed by atoms with E-state index in [1.807, 2.05) is 0 Å². The number of hydrogen-bond acceptors (Lipinski definition) is 3. The highest BCUT2D eigenvalue weighted by Gasteiger charge is 2.36. The smallest absolute Gasteiger partial charge is 0.391 e. The maximum atomic E-state index is 12.8. The van der Waals surface area contributed by atoms with Gasteiger partial charge in [-0.25, -0.2) is 9.18 Å². The second-order valence-electron chi connectivity index (χ2n) is 4.14. The van der Waals surface area contributed by atoms with Gasteiger partial charge in [-0.3, -0.25) is 4.79 Å². The highest BCUT2D eigenvalue weighted by molar-refractivity contribution is 9.10. The summed E-state index contributed by atoms with van der Waals surface area (Å²) in [5.41, 5.74) is 0. The largest absolute Gasteiger partial charge is 0.483 e. The summed E-state index contributed by atoms with van der Waals surface area (Å²) in [7, 11) is 0. The van der Waals surface area contributed by atoms with Gasteiger partial charge in [0.05, 0.1) is 10.9 Å². The Morgan fingerprint density at radius 3 is 2.50 bits per heavy atom. The molecule has 0 fully saturated rings. The number of aliphatic carboxylic acids is 1. The monoisotopic (exact) mass is 387 g/mol. The van der Waals surface area contributed by atoms with Crippen molar-refractivity contribution in [1.29, 1.82) is 0 Å². The minimum atomic E-state index is -4.74. The average Bonchev–Trinajstić information content (AvgIpc) is 2.35. The van der Waals surface area contributed by atoms with Crippen LogP contribution in [-0.4, -0.2) is 35.8 Å². The van der Waals surface area contributed by atoms with Gasteiger partial charge in [-0.2, -0.15) is 13.2 Å². The Bertz CT molecular complexity index is 565. The van der Waals surface area contributed by atoms with Gasteiger partial charge < -0.3 is 15.2 Å². The Morgan fingerprint density at radius 1 is 1.36 bits per heavy atom. The van der Waals surface area contributed by atoms with Crippen LogP contribution in [0.15, 0.2) is 22.7 Å². The van der Waals surface area contributed by atoms with Gasteiger partial charge in [0.1, 0.15) is 17.6 Å². The molecule has 0 aromatic heterocycles. The lowest BCUT2D eigenvalue weighted by molar-refractivity contribution is -0.160. The quantitative estimate of drug-likeness (QED) is 0.735. The number of carboxylic acid groups (broad SMARTS) is 1. The van der Waals surface area contributed by atoms with Crippen LogP contribution < -0.4 is 10.1 Å². The predicted molar refractivity (Wildman–Crippen MR) is 69.8 cm³/mol. The van der Waals surface area contributed by atoms with E-state index in [9.17, 15) is 27.2 Å². The van der Waals surface area contributed by atoms with Crippen molar-refractivity contribution in [2.24, 2.45) is 0 Å². The Hall–Kier alpha value is -1.84. The molecule has 0 spiro atoms. The molecule has 1 atom stereocenters. The summed E-state index contributed by atoms with van der Waals surface area (Å²) in [5.74, 6) is -3.33. The Balaban J connectivity index is 2.59. The Kier molecular flexibility index (Phi) is 6.15. The molecule has 1 aromatic rings. The van der Waals surface area contributed by atoms with Crippen LogP contribution in [0.2, 0.25) is 0 Å². The highest BCUT2D eigenvalue weighted by Crippen LogP contribution is 2.25. The number of rotatable bonds is 6. The number of ether oxygens (including phenoxy) is 1. The Morgan fingerprint density at radius 2 is 2.00 bits per heavy atom. The molecule has 0 bridgehead atoms. The van der Waals surface area contributed by atoms with Crippen LogP contribution in [0.3, 0.4) is 0 Å². The van der Waals surface area contributed by atoms with Gasteiger partial charge >= 0.3 is 12.1 Å². The van der Waals surface area contributed by atoms with Gasteiger partial charge in [-0.05, 0) is 34.1 Å². The van der Waals surface area contributed by atoms with Crippen LogP contribution in [0.5, 0.6) is 5.75 Å². The summed E-state index contributed by atoms with van der Waals surface area (Å²) in [4.78, 5) is 22.1. The highest BCUT2D eigenvalue weighted by atomic mass is 79.9. The molecule has 0 radical (unpaired) electrons. The number of alkyl halides is 3. The van der Waals surface area contributed by atoms with Gasteiger partial charge in [0, 0.05) is 0 Å². The molecule has 0 aliphatic heterocycles. The summed E-state index contributed by atoms with van der Waals surface area (Å²) in [6.07, 6.45) is -6.44. The average molecular weight is 388 g/mol. The van der Waals surface area contributed by atoms with E-state index in [0.717, 1.165) is 12.1 Å². The third-order valence-electron chi connectivity index (χ3n) is 2.32. The number of nitrogens with one attached hydrogen (secondary N) is 1. The number of benzene rings is 1. The zero-order valence-corrected chi connectivity index (χ0v) is 12.4. The van der Waals surface area contributed by atoms with Crippen LogP contribution in [0.4, 0.5) is 17.6 Å². The van der Waals surface area contributed by atoms with Crippen LogP contribution in [0, 0.1) is 5.82 Å². The maximum absolute atomic E-state index is 12.8. The molecule has 122 valence electrons. The normalized spacial score (nSPS) is 12.6. The van der Waals surface area contributed by atoms with Gasteiger partial charge in [0.25, 0.3) is 5.91 Å². The fraction of sp³-hybridized carbons (Fsp3) is 0.333. The number of halogens is 5. The first kappa shape index (κ1) is 18.2. The van der Waals surface area contributed by atoms with Crippen molar-refractivity contribution in [3.63, 3.8) is 0 Å². The molecule has 1 rings (SSSR count). The minimum Gasteiger partial charge on any atom is -0.483 e. The van der Waals surface area contributed by atoms with Crippen molar-refractivity contribution >= 4 is 27.8 Å². The third-order valence-corrected chi connectivity index (χ3v) is 2.94. The number of carboxylic acids is 1. The molecule has 5 nitrogen and oxygen atoms in total. The maximum Gasteiger partial charge on any atom is 0.391 e. The molecule has 0 aliphatic carbocycles. The van der Waals surface area contributed by atoms with Gasteiger partial charge in [0.2, 0.25) is 0 Å². The van der Waals surface area contributed by atoms with E-state index >= 15 is 0 Å². The summed E-state index contributed by atoms with van der Waals surface area (Å²) in [5, 5.41) is 10.3. The van der Waals surface area contributed by atoms with Gasteiger partial charge in [-0.15, -0.1) is 0 Å². The second-order valence-corrected chi connectivity index (χ2v) is 5.00. The standard InChI is InChI=1S/C12H10BrF4NO4/c13-7-3-6(14)1-2-9(7)22-5-10(19)18-8(11(20)21)4-12(15,16)17/h1-3,8H,4-5H2,(H,18,19)(H,20,21). The molecule has 10 heteroatoms. The van der Waals surface area contributed by atoms with Crippen molar-refractivity contribution in [3.05, 3.63) is 28.5 Å². The van der Waals surface area contributed by atoms with Gasteiger partial charge in [-0.1, -0.05) is 0 Å². The molecule has 1 aromatic carbocycles. The molecular weight excluding hydrogens is 378 g/mol. The van der Waals surface area contributed by atoms with Crippen LogP contribution in [0.25, 0.3) is 0 Å². The van der Waals surface area contributed by atoms with Crippen LogP contribution >= 0.6 is 15.9 Å². The van der Waals surface area contributed by atoms with E-state index in [2.05, 4.69) is 15.9 Å². The van der Waals surface area contributed by atoms with E-state index in [-0.39, 0.29) is 10.2 Å². The topological polar surface area (TPSA) is 75.6 Å². The van der Waals surface area contributed by atoms with E-state index in [0.29, 0.717) is 0 Å². The number of carbonyl (C=O) groups is 2. The first-order valence-electron chi connectivity index (χ1n) is 5.75. The summed E-state index contributed by atoms with van der Waals surface area (Å²) in [6, 6.07) is 1.23. The molecule has 22 heavy (non-hydrogen) atoms. The molecule has 0 heterocycles. The van der Waals surface area contributed by atoms with E-state index in [1.54, 1.807) is 5.32 Å². The SMILES string of the molecule is O=C(COc1ccc(F)cc1Br)NC(CC(F)(F)F)C(=O)O. The van der Waals surface area contributed by atoms with Crippen molar-refractivity contribution in [1.82, 2.24) is 5.32 Å². The predicted octanol–water partition coefficient (Wildman–Crippen LogP) is 2.49. The number of amides is 1. The van der Waals surface area contributed by atoms with Crippen LogP contribution in [0.1, 0.15) is 6.42 Å². The van der Waals surface area contributed by atoms with Crippen molar-refractivity contribution in [3.8, 4) is 5.75 Å². The molecule has 0 aliphatic rings. The van der Waals surface area contributed by atoms with Crippen molar-refractivity contribution in [2.45, 2.75) is 18.6 Å². The first-order valence-corrected chi connectivity index (χ1v) is 6.54. The fourth-order valence-electron chi connectivity index (χ4n) is 1.40. The molecule has 1 amide bonds. The summed E-state index contributed by atoms with van der Waals surface area (Å²) < 4.78 is 54.5. The molecule has 2 N–H and O–H groups in total. The lowest BCUT2D eigenvalue weighted by Crippen LogP contribution is -2.45. The van der Waals surface area contributed by atoms with Gasteiger partial charge in [0.15, 0.2) is 6.61 Å². The minimum absolute atomic E-state index is 0.0826. The molecule has 0 saturated carbocycles. The Labute approximate surface area is 130 Å². The number of hydrogen-bond donors (Lipinski definition) is 2. The fourth-order valence-corrected chi connectivity index (χ4v) is 1.87. The summed E-state index contributed by atoms with van der Waals surface area (Å²) >= 11 is 2.97.